The Morgan fingerprint density at radius 3 is 2.84 bits per heavy atom. The molecule has 0 atom stereocenters. The van der Waals surface area contributed by atoms with E-state index in [0.717, 1.165) is 64.1 Å². The molecule has 25 heavy (non-hydrogen) atoms. The second-order valence-electron chi connectivity index (χ2n) is 6.51. The largest absolute Gasteiger partial charge is 0.496 e. The SMILES string of the molecule is COc1ccccc1CN1CCc2nc(N3CCOCC3)ncc2C1. The Labute approximate surface area is 148 Å². The molecule has 0 unspecified atom stereocenters. The number of methoxy groups -OCH3 is 1. The molecule has 4 rings (SSSR count). The number of anilines is 1. The van der Waals surface area contributed by atoms with E-state index in [1.165, 1.54) is 16.8 Å². The van der Waals surface area contributed by atoms with Crippen LogP contribution in [0, 0.1) is 0 Å². The zero-order chi connectivity index (χ0) is 17.1. The van der Waals surface area contributed by atoms with Gasteiger partial charge in [-0.3, -0.25) is 4.90 Å². The van der Waals surface area contributed by atoms with Crippen molar-refractivity contribution in [2.75, 3.05) is 44.9 Å². The van der Waals surface area contributed by atoms with Gasteiger partial charge in [-0.25, -0.2) is 9.97 Å². The van der Waals surface area contributed by atoms with Crippen LogP contribution in [0.25, 0.3) is 0 Å². The minimum absolute atomic E-state index is 0.757. The van der Waals surface area contributed by atoms with E-state index in [2.05, 4.69) is 26.9 Å². The van der Waals surface area contributed by atoms with Gasteiger partial charge in [-0.1, -0.05) is 18.2 Å². The Kier molecular flexibility index (Phi) is 4.81. The fourth-order valence-electron chi connectivity index (χ4n) is 3.49. The van der Waals surface area contributed by atoms with Crippen LogP contribution in [0.2, 0.25) is 0 Å². The number of hydrogen-bond donors (Lipinski definition) is 0. The molecule has 6 nitrogen and oxygen atoms in total. The van der Waals surface area contributed by atoms with E-state index in [4.69, 9.17) is 14.5 Å². The summed E-state index contributed by atoms with van der Waals surface area (Å²) in [6.45, 7) is 6.04. The van der Waals surface area contributed by atoms with Gasteiger partial charge in [-0.2, -0.15) is 0 Å². The molecule has 3 heterocycles. The molecule has 132 valence electrons. The van der Waals surface area contributed by atoms with Crippen molar-refractivity contribution in [3.8, 4) is 5.75 Å². The molecule has 1 saturated heterocycles. The summed E-state index contributed by atoms with van der Waals surface area (Å²) in [4.78, 5) is 14.1. The zero-order valence-corrected chi connectivity index (χ0v) is 14.6. The summed E-state index contributed by atoms with van der Waals surface area (Å²) in [6, 6.07) is 8.22. The van der Waals surface area contributed by atoms with Crippen LogP contribution in [0.1, 0.15) is 16.8 Å². The molecule has 2 aliphatic heterocycles. The predicted octanol–water partition coefficient (Wildman–Crippen LogP) is 1.88. The monoisotopic (exact) mass is 340 g/mol. The Morgan fingerprint density at radius 1 is 1.16 bits per heavy atom. The highest BCUT2D eigenvalue weighted by Crippen LogP contribution is 2.24. The standard InChI is InChI=1S/C19H24N4O2/c1-24-18-5-3-2-4-15(18)13-22-7-6-17-16(14-22)12-20-19(21-17)23-8-10-25-11-9-23/h2-5,12H,6-11,13-14H2,1H3. The van der Waals surface area contributed by atoms with Crippen molar-refractivity contribution in [3.05, 3.63) is 47.3 Å². The first-order valence-corrected chi connectivity index (χ1v) is 8.85. The number of rotatable bonds is 4. The average molecular weight is 340 g/mol. The maximum Gasteiger partial charge on any atom is 0.225 e. The van der Waals surface area contributed by atoms with E-state index < -0.39 is 0 Å². The van der Waals surface area contributed by atoms with Gasteiger partial charge in [0.25, 0.3) is 0 Å². The van der Waals surface area contributed by atoms with Crippen molar-refractivity contribution in [1.82, 2.24) is 14.9 Å². The van der Waals surface area contributed by atoms with Crippen LogP contribution in [0.3, 0.4) is 0 Å². The number of para-hydroxylation sites is 1. The molecule has 1 fully saturated rings. The average Bonchev–Trinajstić information content (AvgIpc) is 2.68. The summed E-state index contributed by atoms with van der Waals surface area (Å²) in [5, 5.41) is 0. The topological polar surface area (TPSA) is 50.7 Å². The lowest BCUT2D eigenvalue weighted by atomic mass is 10.1. The van der Waals surface area contributed by atoms with Crippen LogP contribution in [0.4, 0.5) is 5.95 Å². The van der Waals surface area contributed by atoms with Gasteiger partial charge in [0.2, 0.25) is 5.95 Å². The first-order chi connectivity index (χ1) is 12.3. The van der Waals surface area contributed by atoms with Crippen LogP contribution >= 0.6 is 0 Å². The van der Waals surface area contributed by atoms with Crippen LogP contribution in [-0.4, -0.2) is 54.8 Å². The molecule has 0 radical (unpaired) electrons. The zero-order valence-electron chi connectivity index (χ0n) is 14.6. The molecule has 2 aliphatic rings. The minimum Gasteiger partial charge on any atom is -0.496 e. The second-order valence-corrected chi connectivity index (χ2v) is 6.51. The molecular weight excluding hydrogens is 316 g/mol. The van der Waals surface area contributed by atoms with Crippen molar-refractivity contribution in [2.24, 2.45) is 0 Å². The molecule has 0 aliphatic carbocycles. The van der Waals surface area contributed by atoms with Gasteiger partial charge in [0.1, 0.15) is 5.75 Å². The van der Waals surface area contributed by atoms with E-state index in [1.54, 1.807) is 7.11 Å². The van der Waals surface area contributed by atoms with Gasteiger partial charge in [-0.05, 0) is 6.07 Å². The molecule has 0 amide bonds. The van der Waals surface area contributed by atoms with Gasteiger partial charge in [-0.15, -0.1) is 0 Å². The van der Waals surface area contributed by atoms with Gasteiger partial charge < -0.3 is 14.4 Å². The maximum atomic E-state index is 5.47. The van der Waals surface area contributed by atoms with E-state index in [-0.39, 0.29) is 0 Å². The third-order valence-corrected chi connectivity index (χ3v) is 4.88. The molecule has 6 heteroatoms. The van der Waals surface area contributed by atoms with Gasteiger partial charge >= 0.3 is 0 Å². The van der Waals surface area contributed by atoms with E-state index >= 15 is 0 Å². The summed E-state index contributed by atoms with van der Waals surface area (Å²) >= 11 is 0. The fourth-order valence-corrected chi connectivity index (χ4v) is 3.49. The number of morpholine rings is 1. The number of aromatic nitrogens is 2. The third kappa shape index (κ3) is 3.60. The summed E-state index contributed by atoms with van der Waals surface area (Å²) in [7, 11) is 1.73. The normalized spacial score (nSPS) is 18.0. The minimum atomic E-state index is 0.757. The molecule has 0 saturated carbocycles. The van der Waals surface area contributed by atoms with E-state index in [1.807, 2.05) is 18.3 Å². The second kappa shape index (κ2) is 7.37. The van der Waals surface area contributed by atoms with Crippen LogP contribution in [-0.2, 0) is 24.2 Å². The highest BCUT2D eigenvalue weighted by Gasteiger charge is 2.21. The number of ether oxygens (including phenoxy) is 2. The summed E-state index contributed by atoms with van der Waals surface area (Å²) in [6.07, 6.45) is 2.96. The molecule has 1 aromatic carbocycles. The van der Waals surface area contributed by atoms with Crippen molar-refractivity contribution in [3.63, 3.8) is 0 Å². The molecule has 0 N–H and O–H groups in total. The quantitative estimate of drug-likeness (QED) is 0.847. The lowest BCUT2D eigenvalue weighted by Crippen LogP contribution is -2.38. The molecule has 1 aromatic heterocycles. The highest BCUT2D eigenvalue weighted by atomic mass is 16.5. The molecule has 2 aromatic rings. The Balaban J connectivity index is 1.46. The Hall–Kier alpha value is -2.18. The first kappa shape index (κ1) is 16.3. The fraction of sp³-hybridized carbons (Fsp3) is 0.474. The van der Waals surface area contributed by atoms with Gasteiger partial charge in [0.05, 0.1) is 26.0 Å². The van der Waals surface area contributed by atoms with Crippen LogP contribution in [0.15, 0.2) is 30.5 Å². The van der Waals surface area contributed by atoms with Crippen molar-refractivity contribution >= 4 is 5.95 Å². The summed E-state index contributed by atoms with van der Waals surface area (Å²) in [5.41, 5.74) is 3.64. The van der Waals surface area contributed by atoms with Gasteiger partial charge in [0, 0.05) is 56.5 Å². The first-order valence-electron chi connectivity index (χ1n) is 8.85. The Morgan fingerprint density at radius 2 is 2.00 bits per heavy atom. The van der Waals surface area contributed by atoms with Crippen molar-refractivity contribution < 1.29 is 9.47 Å². The van der Waals surface area contributed by atoms with Crippen molar-refractivity contribution in [2.45, 2.75) is 19.5 Å². The van der Waals surface area contributed by atoms with Gasteiger partial charge in [0.15, 0.2) is 0 Å². The molecular formula is C19H24N4O2. The van der Waals surface area contributed by atoms with E-state index in [9.17, 15) is 0 Å². The smallest absolute Gasteiger partial charge is 0.225 e. The summed E-state index contributed by atoms with van der Waals surface area (Å²) in [5.74, 6) is 1.80. The van der Waals surface area contributed by atoms with Crippen molar-refractivity contribution in [1.29, 1.82) is 0 Å². The van der Waals surface area contributed by atoms with E-state index in [0.29, 0.717) is 0 Å². The number of benzene rings is 1. The van der Waals surface area contributed by atoms with Crippen LogP contribution < -0.4 is 9.64 Å². The number of nitrogens with zero attached hydrogens (tertiary/aromatic N) is 4. The lowest BCUT2D eigenvalue weighted by Gasteiger charge is -2.30. The maximum absolute atomic E-state index is 5.47. The predicted molar refractivity (Wildman–Crippen MR) is 95.9 cm³/mol. The third-order valence-electron chi connectivity index (χ3n) is 4.88. The Bertz CT molecular complexity index is 731. The number of fused-ring (bicyclic) bond motifs is 1. The highest BCUT2D eigenvalue weighted by molar-refractivity contribution is 5.36. The lowest BCUT2D eigenvalue weighted by molar-refractivity contribution is 0.122. The number of hydrogen-bond acceptors (Lipinski definition) is 6. The molecule has 0 spiro atoms. The summed E-state index contributed by atoms with van der Waals surface area (Å²) < 4.78 is 10.9. The molecule has 0 bridgehead atoms. The van der Waals surface area contributed by atoms with Crippen LogP contribution in [0.5, 0.6) is 5.75 Å².